The van der Waals surface area contributed by atoms with Gasteiger partial charge in [0.1, 0.15) is 5.75 Å². The molecule has 0 saturated carbocycles. The van der Waals surface area contributed by atoms with E-state index in [9.17, 15) is 4.79 Å². The fraction of sp³-hybridized carbons (Fsp3) is 0.483. The highest BCUT2D eigenvalue weighted by Crippen LogP contribution is 2.25. The minimum absolute atomic E-state index is 0.165. The van der Waals surface area contributed by atoms with E-state index < -0.39 is 0 Å². The zero-order valence-corrected chi connectivity index (χ0v) is 20.2. The maximum absolute atomic E-state index is 12.1. The second-order valence-corrected chi connectivity index (χ2v) is 8.17. The Morgan fingerprint density at radius 2 is 1.26 bits per heavy atom. The Morgan fingerprint density at radius 3 is 1.87 bits per heavy atom. The Kier molecular flexibility index (Phi) is 14.9. The number of esters is 1. The van der Waals surface area contributed by atoms with Crippen molar-refractivity contribution in [2.75, 3.05) is 0 Å². The first-order valence-corrected chi connectivity index (χ1v) is 11.9. The van der Waals surface area contributed by atoms with E-state index in [1.807, 2.05) is 26.0 Å². The van der Waals surface area contributed by atoms with Crippen LogP contribution in [0.4, 0.5) is 0 Å². The molecule has 1 aromatic rings. The van der Waals surface area contributed by atoms with Gasteiger partial charge in [-0.05, 0) is 76.8 Å². The molecular weight excluding hydrogens is 380 g/mol. The molecule has 1 aromatic carbocycles. The SMILES string of the molecule is CCCCCC=CCC=CCC=CCCC=CCCC(=O)Oc1c(C)cc(C)cc1C. The van der Waals surface area contributed by atoms with Crippen LogP contribution in [0, 0.1) is 20.8 Å². The molecule has 0 amide bonds. The van der Waals surface area contributed by atoms with E-state index in [1.54, 1.807) is 0 Å². The number of carbonyl (C=O) groups is 1. The number of unbranched alkanes of at least 4 members (excludes halogenated alkanes) is 4. The second-order valence-electron chi connectivity index (χ2n) is 8.17. The molecule has 0 bridgehead atoms. The predicted molar refractivity (Wildman–Crippen MR) is 135 cm³/mol. The number of ether oxygens (including phenoxy) is 1. The lowest BCUT2D eigenvalue weighted by atomic mass is 10.1. The van der Waals surface area contributed by atoms with Crippen molar-refractivity contribution in [3.63, 3.8) is 0 Å². The molecule has 0 fully saturated rings. The van der Waals surface area contributed by atoms with Crippen LogP contribution in [0.3, 0.4) is 0 Å². The summed E-state index contributed by atoms with van der Waals surface area (Å²) < 4.78 is 5.57. The van der Waals surface area contributed by atoms with Crippen LogP contribution in [0.1, 0.15) is 87.8 Å². The van der Waals surface area contributed by atoms with E-state index in [-0.39, 0.29) is 5.97 Å². The summed E-state index contributed by atoms with van der Waals surface area (Å²) in [7, 11) is 0. The minimum Gasteiger partial charge on any atom is -0.426 e. The third-order valence-corrected chi connectivity index (χ3v) is 5.02. The highest BCUT2D eigenvalue weighted by molar-refractivity contribution is 5.73. The van der Waals surface area contributed by atoms with Crippen LogP contribution in [-0.4, -0.2) is 5.97 Å². The minimum atomic E-state index is -0.165. The van der Waals surface area contributed by atoms with Gasteiger partial charge in [0.2, 0.25) is 0 Å². The smallest absolute Gasteiger partial charge is 0.311 e. The molecule has 0 N–H and O–H groups in total. The van der Waals surface area contributed by atoms with Gasteiger partial charge in [-0.1, -0.05) is 86.1 Å². The fourth-order valence-electron chi connectivity index (χ4n) is 3.41. The van der Waals surface area contributed by atoms with Crippen LogP contribution < -0.4 is 4.74 Å². The second kappa shape index (κ2) is 17.3. The first-order chi connectivity index (χ1) is 15.0. The molecule has 0 unspecified atom stereocenters. The van der Waals surface area contributed by atoms with Crippen molar-refractivity contribution in [1.82, 2.24) is 0 Å². The molecule has 2 nitrogen and oxygen atoms in total. The van der Waals surface area contributed by atoms with Crippen LogP contribution in [0.15, 0.2) is 60.7 Å². The zero-order valence-electron chi connectivity index (χ0n) is 20.2. The third-order valence-electron chi connectivity index (χ3n) is 5.02. The average Bonchev–Trinajstić information content (AvgIpc) is 2.73. The standard InChI is InChI=1S/C29H42O2/c1-5-6-7-8-9-10-11-12-13-14-15-16-17-18-19-20-21-22-28(30)31-29-26(3)23-25(2)24-27(29)4/h9-10,12-13,15-16,19-20,23-24H,5-8,11,14,17-18,21-22H2,1-4H3. The van der Waals surface area contributed by atoms with Gasteiger partial charge in [0.15, 0.2) is 0 Å². The van der Waals surface area contributed by atoms with Crippen molar-refractivity contribution in [2.24, 2.45) is 0 Å². The lowest BCUT2D eigenvalue weighted by Gasteiger charge is -2.11. The summed E-state index contributed by atoms with van der Waals surface area (Å²) in [6.07, 6.45) is 28.1. The average molecular weight is 423 g/mol. The number of hydrogen-bond donors (Lipinski definition) is 0. The van der Waals surface area contributed by atoms with Gasteiger partial charge >= 0.3 is 5.97 Å². The number of allylic oxidation sites excluding steroid dienone is 8. The van der Waals surface area contributed by atoms with Crippen LogP contribution in [0.5, 0.6) is 5.75 Å². The van der Waals surface area contributed by atoms with E-state index >= 15 is 0 Å². The summed E-state index contributed by atoms with van der Waals surface area (Å²) in [4.78, 5) is 12.1. The quantitative estimate of drug-likeness (QED) is 0.122. The van der Waals surface area contributed by atoms with Gasteiger partial charge in [-0.3, -0.25) is 4.79 Å². The fourth-order valence-corrected chi connectivity index (χ4v) is 3.41. The molecule has 0 aliphatic heterocycles. The van der Waals surface area contributed by atoms with Crippen molar-refractivity contribution in [3.05, 3.63) is 77.4 Å². The molecule has 0 aromatic heterocycles. The Labute approximate surface area is 190 Å². The molecule has 170 valence electrons. The van der Waals surface area contributed by atoms with Crippen molar-refractivity contribution >= 4 is 5.97 Å². The molecule has 0 heterocycles. The summed E-state index contributed by atoms with van der Waals surface area (Å²) in [5.74, 6) is 0.545. The summed E-state index contributed by atoms with van der Waals surface area (Å²) in [5.41, 5.74) is 3.22. The molecule has 0 spiro atoms. The van der Waals surface area contributed by atoms with Gasteiger partial charge in [0.05, 0.1) is 0 Å². The molecular formula is C29H42O2. The van der Waals surface area contributed by atoms with Crippen molar-refractivity contribution in [1.29, 1.82) is 0 Å². The Hall–Kier alpha value is -2.35. The Bertz CT molecular complexity index is 727. The number of carbonyl (C=O) groups excluding carboxylic acids is 1. The lowest BCUT2D eigenvalue weighted by molar-refractivity contribution is -0.134. The summed E-state index contributed by atoms with van der Waals surface area (Å²) in [6, 6.07) is 4.09. The largest absolute Gasteiger partial charge is 0.426 e. The van der Waals surface area contributed by atoms with Crippen LogP contribution in [0.25, 0.3) is 0 Å². The molecule has 0 aliphatic rings. The maximum Gasteiger partial charge on any atom is 0.311 e. The van der Waals surface area contributed by atoms with Crippen LogP contribution >= 0.6 is 0 Å². The molecule has 0 radical (unpaired) electrons. The highest BCUT2D eigenvalue weighted by Gasteiger charge is 2.09. The molecule has 31 heavy (non-hydrogen) atoms. The van der Waals surface area contributed by atoms with Gasteiger partial charge in [-0.2, -0.15) is 0 Å². The summed E-state index contributed by atoms with van der Waals surface area (Å²) in [6.45, 7) is 8.26. The number of rotatable bonds is 15. The molecule has 0 aliphatic carbocycles. The van der Waals surface area contributed by atoms with Crippen molar-refractivity contribution in [3.8, 4) is 5.75 Å². The Morgan fingerprint density at radius 1 is 0.742 bits per heavy atom. The maximum atomic E-state index is 12.1. The van der Waals surface area contributed by atoms with E-state index in [0.717, 1.165) is 43.2 Å². The summed E-state index contributed by atoms with van der Waals surface area (Å²) >= 11 is 0. The van der Waals surface area contributed by atoms with Gasteiger partial charge < -0.3 is 4.74 Å². The predicted octanol–water partition coefficient (Wildman–Crippen LogP) is 8.66. The highest BCUT2D eigenvalue weighted by atomic mass is 16.5. The first kappa shape index (κ1) is 26.7. The van der Waals surface area contributed by atoms with Gasteiger partial charge in [0.25, 0.3) is 0 Å². The van der Waals surface area contributed by atoms with E-state index in [4.69, 9.17) is 4.74 Å². The summed E-state index contributed by atoms with van der Waals surface area (Å²) in [5, 5.41) is 0. The van der Waals surface area contributed by atoms with E-state index in [1.165, 1.54) is 31.2 Å². The third kappa shape index (κ3) is 13.5. The number of aryl methyl sites for hydroxylation is 3. The number of hydrogen-bond acceptors (Lipinski definition) is 2. The topological polar surface area (TPSA) is 26.3 Å². The first-order valence-electron chi connectivity index (χ1n) is 11.9. The lowest BCUT2D eigenvalue weighted by Crippen LogP contribution is -2.09. The van der Waals surface area contributed by atoms with Crippen molar-refractivity contribution in [2.45, 2.75) is 91.9 Å². The van der Waals surface area contributed by atoms with Gasteiger partial charge in [0, 0.05) is 6.42 Å². The molecule has 2 heteroatoms. The van der Waals surface area contributed by atoms with Gasteiger partial charge in [-0.25, -0.2) is 0 Å². The van der Waals surface area contributed by atoms with E-state index in [2.05, 4.69) is 62.5 Å². The molecule has 0 atom stereocenters. The monoisotopic (exact) mass is 422 g/mol. The number of benzene rings is 1. The molecule has 1 rings (SSSR count). The zero-order chi connectivity index (χ0) is 22.7. The van der Waals surface area contributed by atoms with Crippen LogP contribution in [0.2, 0.25) is 0 Å². The normalized spacial score (nSPS) is 12.1. The van der Waals surface area contributed by atoms with E-state index in [0.29, 0.717) is 12.2 Å². The van der Waals surface area contributed by atoms with Crippen LogP contribution in [-0.2, 0) is 4.79 Å². The Balaban J connectivity index is 2.08. The van der Waals surface area contributed by atoms with Gasteiger partial charge in [-0.15, -0.1) is 0 Å². The molecule has 0 saturated heterocycles. The van der Waals surface area contributed by atoms with Crippen molar-refractivity contribution < 1.29 is 9.53 Å².